The van der Waals surface area contributed by atoms with Crippen molar-refractivity contribution >= 4 is 22.6 Å². The molecular weight excluding hydrogens is 379 g/mol. The fraction of sp³-hybridized carbons (Fsp3) is 0.524. The smallest absolute Gasteiger partial charge is 0.341 e. The van der Waals surface area contributed by atoms with Gasteiger partial charge in [-0.3, -0.25) is 4.79 Å². The summed E-state index contributed by atoms with van der Waals surface area (Å²) in [5.41, 5.74) is 0.641. The van der Waals surface area contributed by atoms with Crippen LogP contribution in [0.2, 0.25) is 0 Å². The number of hydrogen-bond donors (Lipinski definition) is 3. The minimum Gasteiger partial charge on any atom is -0.477 e. The first-order chi connectivity index (χ1) is 13.8. The van der Waals surface area contributed by atoms with Crippen molar-refractivity contribution in [3.8, 4) is 0 Å². The maximum Gasteiger partial charge on any atom is 0.341 e. The van der Waals surface area contributed by atoms with Gasteiger partial charge in [-0.25, -0.2) is 9.18 Å². The number of aromatic nitrogens is 1. The Morgan fingerprint density at radius 3 is 2.48 bits per heavy atom. The third-order valence-corrected chi connectivity index (χ3v) is 6.24. The second-order valence-electron chi connectivity index (χ2n) is 8.12. The third-order valence-electron chi connectivity index (χ3n) is 6.24. The molecule has 1 aromatic carbocycles. The highest BCUT2D eigenvalue weighted by molar-refractivity contribution is 5.95. The molecule has 3 N–H and O–H groups in total. The number of anilines is 1. The predicted molar refractivity (Wildman–Crippen MR) is 106 cm³/mol. The summed E-state index contributed by atoms with van der Waals surface area (Å²) in [6.07, 6.45) is 3.68. The van der Waals surface area contributed by atoms with Crippen molar-refractivity contribution in [1.82, 2.24) is 4.57 Å². The van der Waals surface area contributed by atoms with Crippen LogP contribution in [0.4, 0.5) is 10.1 Å². The topological polar surface area (TPSA) is 103 Å². The van der Waals surface area contributed by atoms with Crippen LogP contribution in [-0.2, 0) is 0 Å². The molecule has 1 aromatic heterocycles. The highest BCUT2D eigenvalue weighted by Gasteiger charge is 2.31. The van der Waals surface area contributed by atoms with Crippen LogP contribution in [0, 0.1) is 18.7 Å². The third kappa shape index (κ3) is 3.40. The van der Waals surface area contributed by atoms with Gasteiger partial charge in [0.05, 0.1) is 23.9 Å². The first-order valence-electron chi connectivity index (χ1n) is 9.98. The van der Waals surface area contributed by atoms with Crippen LogP contribution < -0.4 is 10.3 Å². The van der Waals surface area contributed by atoms with Crippen molar-refractivity contribution in [2.24, 2.45) is 5.92 Å². The Kier molecular flexibility index (Phi) is 5.08. The lowest BCUT2D eigenvalue weighted by Gasteiger charge is -2.36. The van der Waals surface area contributed by atoms with Crippen LogP contribution in [0.15, 0.2) is 17.1 Å². The standard InChI is InChI=1S/C21H25FN2O5/c1-11-18-14(20(27)15(21(28)29)9-24(18)13-2-3-13)8-16(22)19(11)23-6-4-12(5-7-23)17(26)10-25/h8-9,12-13,17,25-26H,2-7,10H2,1H3,(H,28,29)/t17-/m1/s1. The molecule has 0 spiro atoms. The highest BCUT2D eigenvalue weighted by Crippen LogP contribution is 2.40. The molecule has 2 fully saturated rings. The second-order valence-corrected chi connectivity index (χ2v) is 8.12. The Labute approximate surface area is 167 Å². The first kappa shape index (κ1) is 19.8. The summed E-state index contributed by atoms with van der Waals surface area (Å²) in [5.74, 6) is -1.88. The fourth-order valence-corrected chi connectivity index (χ4v) is 4.51. The monoisotopic (exact) mass is 404 g/mol. The Morgan fingerprint density at radius 1 is 1.28 bits per heavy atom. The van der Waals surface area contributed by atoms with Gasteiger partial charge in [0.15, 0.2) is 0 Å². The van der Waals surface area contributed by atoms with Gasteiger partial charge in [0.1, 0.15) is 11.4 Å². The molecule has 0 radical (unpaired) electrons. The van der Waals surface area contributed by atoms with E-state index < -0.39 is 23.3 Å². The van der Waals surface area contributed by atoms with Gasteiger partial charge in [0, 0.05) is 30.7 Å². The number of aromatic carboxylic acids is 1. The van der Waals surface area contributed by atoms with Gasteiger partial charge in [-0.05, 0) is 50.2 Å². The molecule has 7 nitrogen and oxygen atoms in total. The summed E-state index contributed by atoms with van der Waals surface area (Å²) < 4.78 is 16.9. The maximum atomic E-state index is 15.1. The normalized spacial score (nSPS) is 19.0. The number of halogens is 1. The summed E-state index contributed by atoms with van der Waals surface area (Å²) in [5, 5.41) is 28.5. The number of fused-ring (bicyclic) bond motifs is 1. The quantitative estimate of drug-likeness (QED) is 0.705. The fourth-order valence-electron chi connectivity index (χ4n) is 4.51. The zero-order valence-corrected chi connectivity index (χ0v) is 16.3. The molecule has 1 aliphatic carbocycles. The predicted octanol–water partition coefficient (Wildman–Crippen LogP) is 2.05. The number of hydrogen-bond acceptors (Lipinski definition) is 5. The molecule has 2 aliphatic rings. The van der Waals surface area contributed by atoms with Gasteiger partial charge in [-0.1, -0.05) is 0 Å². The maximum absolute atomic E-state index is 15.1. The number of aryl methyl sites for hydroxylation is 1. The van der Waals surface area contributed by atoms with Crippen molar-refractivity contribution in [2.45, 2.75) is 44.8 Å². The molecule has 2 aromatic rings. The number of aliphatic hydroxyl groups is 2. The second kappa shape index (κ2) is 7.42. The number of pyridine rings is 1. The number of rotatable bonds is 5. The van der Waals surface area contributed by atoms with Gasteiger partial charge in [0.2, 0.25) is 5.43 Å². The average Bonchev–Trinajstić information content (AvgIpc) is 3.53. The van der Waals surface area contributed by atoms with E-state index in [1.807, 2.05) is 9.47 Å². The van der Waals surface area contributed by atoms with Crippen molar-refractivity contribution in [3.63, 3.8) is 0 Å². The van der Waals surface area contributed by atoms with Crippen LogP contribution >= 0.6 is 0 Å². The van der Waals surface area contributed by atoms with Gasteiger partial charge in [-0.2, -0.15) is 0 Å². The van der Waals surface area contributed by atoms with Gasteiger partial charge < -0.3 is 24.8 Å². The number of nitrogens with zero attached hydrogens (tertiary/aromatic N) is 2. The lowest BCUT2D eigenvalue weighted by Crippen LogP contribution is -2.39. The molecule has 1 saturated carbocycles. The lowest BCUT2D eigenvalue weighted by molar-refractivity contribution is 0.0376. The Balaban J connectivity index is 1.81. The number of carbonyl (C=O) groups is 1. The summed E-state index contributed by atoms with van der Waals surface area (Å²) in [7, 11) is 0. The van der Waals surface area contributed by atoms with Crippen LogP contribution in [0.25, 0.3) is 10.9 Å². The Bertz CT molecular complexity index is 1020. The van der Waals surface area contributed by atoms with E-state index in [0.717, 1.165) is 12.8 Å². The molecule has 29 heavy (non-hydrogen) atoms. The van der Waals surface area contributed by atoms with Crippen molar-refractivity contribution in [1.29, 1.82) is 0 Å². The summed E-state index contributed by atoms with van der Waals surface area (Å²) in [4.78, 5) is 26.1. The van der Waals surface area contributed by atoms with Crippen LogP contribution in [-0.4, -0.2) is 51.7 Å². The van der Waals surface area contributed by atoms with Crippen molar-refractivity contribution < 1.29 is 24.5 Å². The summed E-state index contributed by atoms with van der Waals surface area (Å²) in [6.45, 7) is 2.56. The van der Waals surface area contributed by atoms with Crippen LogP contribution in [0.3, 0.4) is 0 Å². The van der Waals surface area contributed by atoms with Crippen molar-refractivity contribution in [2.75, 3.05) is 24.6 Å². The SMILES string of the molecule is Cc1c(N2CCC([C@H](O)CO)CC2)c(F)cc2c(=O)c(C(=O)O)cn(C3CC3)c12. The molecule has 156 valence electrons. The van der Waals surface area contributed by atoms with Gasteiger partial charge in [-0.15, -0.1) is 0 Å². The van der Waals surface area contributed by atoms with E-state index in [1.165, 1.54) is 12.3 Å². The minimum atomic E-state index is -1.31. The zero-order valence-electron chi connectivity index (χ0n) is 16.3. The van der Waals surface area contributed by atoms with E-state index in [1.54, 1.807) is 6.92 Å². The molecule has 2 heterocycles. The number of aliphatic hydroxyl groups excluding tert-OH is 2. The molecule has 4 rings (SSSR count). The molecule has 1 saturated heterocycles. The van der Waals surface area contributed by atoms with Gasteiger partial charge in [0.25, 0.3) is 0 Å². The van der Waals surface area contributed by atoms with Crippen molar-refractivity contribution in [3.05, 3.63) is 39.4 Å². The Hall–Kier alpha value is -2.45. The van der Waals surface area contributed by atoms with Crippen LogP contribution in [0.5, 0.6) is 0 Å². The zero-order chi connectivity index (χ0) is 20.9. The number of piperidine rings is 1. The molecular formula is C21H25FN2O5. The van der Waals surface area contributed by atoms with E-state index in [0.29, 0.717) is 42.7 Å². The molecule has 0 bridgehead atoms. The molecule has 1 atom stereocenters. The largest absolute Gasteiger partial charge is 0.477 e. The molecule has 0 unspecified atom stereocenters. The average molecular weight is 404 g/mol. The summed E-state index contributed by atoms with van der Waals surface area (Å²) in [6, 6.07) is 1.29. The van der Waals surface area contributed by atoms with Crippen LogP contribution in [0.1, 0.15) is 47.6 Å². The highest BCUT2D eigenvalue weighted by atomic mass is 19.1. The Morgan fingerprint density at radius 2 is 1.93 bits per heavy atom. The van der Waals surface area contributed by atoms with E-state index in [9.17, 15) is 19.8 Å². The number of carboxylic acids is 1. The van der Waals surface area contributed by atoms with Gasteiger partial charge >= 0.3 is 5.97 Å². The minimum absolute atomic E-state index is 0.0251. The molecule has 1 aliphatic heterocycles. The molecule has 8 heteroatoms. The lowest BCUT2D eigenvalue weighted by atomic mass is 9.91. The number of benzene rings is 1. The van der Waals surface area contributed by atoms with E-state index in [4.69, 9.17) is 5.11 Å². The van der Waals surface area contributed by atoms with E-state index >= 15 is 4.39 Å². The van der Waals surface area contributed by atoms with E-state index in [2.05, 4.69) is 0 Å². The summed E-state index contributed by atoms with van der Waals surface area (Å²) >= 11 is 0. The first-order valence-corrected chi connectivity index (χ1v) is 9.98. The number of carboxylic acid groups (broad SMARTS) is 1. The molecule has 0 amide bonds. The van der Waals surface area contributed by atoms with E-state index in [-0.39, 0.29) is 29.5 Å².